The quantitative estimate of drug-likeness (QED) is 0.171. The van der Waals surface area contributed by atoms with Crippen LogP contribution in [-0.4, -0.2) is 0 Å². The van der Waals surface area contributed by atoms with Crippen LogP contribution >= 0.6 is 0 Å². The van der Waals surface area contributed by atoms with Crippen molar-refractivity contribution in [1.82, 2.24) is 0 Å². The predicted octanol–water partition coefficient (Wildman–Crippen LogP) is 16.2. The minimum absolute atomic E-state index is 0.173. The van der Waals surface area contributed by atoms with Gasteiger partial charge in [-0.05, 0) is 138 Å². The molecule has 0 saturated heterocycles. The van der Waals surface area contributed by atoms with E-state index in [0.717, 1.165) is 17.1 Å². The van der Waals surface area contributed by atoms with E-state index in [4.69, 9.17) is 0 Å². The van der Waals surface area contributed by atoms with Crippen molar-refractivity contribution in [3.8, 4) is 22.3 Å². The summed E-state index contributed by atoms with van der Waals surface area (Å²) in [6, 6.07) is 68.2. The third-order valence-electron chi connectivity index (χ3n) is 14.5. The van der Waals surface area contributed by atoms with Crippen LogP contribution in [0.25, 0.3) is 43.8 Å². The molecule has 0 unspecified atom stereocenters. The standard InChI is InChI=1S/C59H48N2/c1-57(2)48-21-14-22-49-54(48)61-55-50(57)33-43(37-15-8-7-9-16-37)34-52(55)59(5,6)53-36-44(35-51(56(53)61)58(49,3)4)40-23-27-45(28-24-40)60(46-29-25-38-17-10-12-19-41(38)31-46)47-30-26-39-18-11-13-20-42(39)32-47/h7-36H,1-6H3. The van der Waals surface area contributed by atoms with Crippen molar-refractivity contribution in [2.75, 3.05) is 9.80 Å². The molecule has 0 amide bonds. The highest BCUT2D eigenvalue weighted by Crippen LogP contribution is 2.67. The smallest absolute Gasteiger partial charge is 0.0544 e. The summed E-state index contributed by atoms with van der Waals surface area (Å²) in [4.78, 5) is 5.07. The average molecular weight is 785 g/mol. The SMILES string of the molecule is CC1(C)c2cccc3c2N2c4c1cc(-c1ccccc1)cc4C(C)(C)c1cc(-c4ccc(N(c5ccc6ccccc6c5)c5ccc6ccccc6c5)cc4)cc(c12)C3(C)C. The first-order chi connectivity index (χ1) is 29.5. The summed E-state index contributed by atoms with van der Waals surface area (Å²) in [6.45, 7) is 14.7. The molecule has 2 heteroatoms. The zero-order valence-corrected chi connectivity index (χ0v) is 35.7. The van der Waals surface area contributed by atoms with Gasteiger partial charge in [-0.3, -0.25) is 0 Å². The van der Waals surface area contributed by atoms with Gasteiger partial charge in [-0.15, -0.1) is 0 Å². The van der Waals surface area contributed by atoms with Crippen molar-refractivity contribution < 1.29 is 0 Å². The van der Waals surface area contributed by atoms with Crippen LogP contribution in [0.4, 0.5) is 34.1 Å². The lowest BCUT2D eigenvalue weighted by molar-refractivity contribution is 0.567. The minimum atomic E-state index is -0.260. The molecule has 0 spiro atoms. The highest BCUT2D eigenvalue weighted by atomic mass is 15.2. The molecule has 0 radical (unpaired) electrons. The first kappa shape index (κ1) is 36.0. The minimum Gasteiger partial charge on any atom is -0.310 e. The van der Waals surface area contributed by atoms with Crippen molar-refractivity contribution >= 4 is 55.7 Å². The van der Waals surface area contributed by atoms with E-state index >= 15 is 0 Å². The second-order valence-corrected chi connectivity index (χ2v) is 19.1. The fourth-order valence-corrected chi connectivity index (χ4v) is 11.1. The Hall–Kier alpha value is -6.90. The molecular formula is C59H48N2. The number of nitrogens with zero attached hydrogens (tertiary/aromatic N) is 2. The summed E-state index contributed by atoms with van der Waals surface area (Å²) >= 11 is 0. The van der Waals surface area contributed by atoms with E-state index in [2.05, 4.69) is 233 Å². The van der Waals surface area contributed by atoms with Gasteiger partial charge in [-0.25, -0.2) is 0 Å². The molecule has 0 bridgehead atoms. The molecule has 9 aromatic carbocycles. The van der Waals surface area contributed by atoms with Gasteiger partial charge in [-0.1, -0.05) is 163 Å². The largest absolute Gasteiger partial charge is 0.310 e. The summed E-state index contributed by atoms with van der Waals surface area (Å²) in [6.07, 6.45) is 0. The van der Waals surface area contributed by atoms with Gasteiger partial charge in [0.05, 0.1) is 17.1 Å². The average Bonchev–Trinajstić information content (AvgIpc) is 3.28. The Bertz CT molecular complexity index is 3200. The van der Waals surface area contributed by atoms with E-state index in [0.29, 0.717) is 0 Å². The third-order valence-corrected chi connectivity index (χ3v) is 14.5. The Morgan fingerprint density at radius 2 is 0.672 bits per heavy atom. The lowest BCUT2D eigenvalue weighted by atomic mass is 9.60. The molecule has 0 fully saturated rings. The van der Waals surface area contributed by atoms with Gasteiger partial charge in [0.15, 0.2) is 0 Å². The van der Waals surface area contributed by atoms with Crippen molar-refractivity contribution in [3.63, 3.8) is 0 Å². The van der Waals surface area contributed by atoms with Crippen molar-refractivity contribution in [1.29, 1.82) is 0 Å². The topological polar surface area (TPSA) is 6.48 Å². The van der Waals surface area contributed by atoms with Crippen LogP contribution in [0, 0.1) is 0 Å². The van der Waals surface area contributed by atoms with Gasteiger partial charge in [-0.2, -0.15) is 0 Å². The van der Waals surface area contributed by atoms with Crippen LogP contribution < -0.4 is 9.80 Å². The van der Waals surface area contributed by atoms with E-state index in [1.807, 2.05) is 0 Å². The fourth-order valence-electron chi connectivity index (χ4n) is 11.1. The van der Waals surface area contributed by atoms with Gasteiger partial charge in [0, 0.05) is 33.3 Å². The normalized spacial score (nSPS) is 15.7. The number of fused-ring (bicyclic) bond motifs is 2. The Morgan fingerprint density at radius 1 is 0.295 bits per heavy atom. The molecular weight excluding hydrogens is 737 g/mol. The summed E-state index contributed by atoms with van der Waals surface area (Å²) in [7, 11) is 0. The number of para-hydroxylation sites is 1. The summed E-state index contributed by atoms with van der Waals surface area (Å²) < 4.78 is 0. The molecule has 3 heterocycles. The van der Waals surface area contributed by atoms with Crippen LogP contribution in [-0.2, 0) is 16.2 Å². The Labute approximate surface area is 359 Å². The highest BCUT2D eigenvalue weighted by Gasteiger charge is 2.52. The van der Waals surface area contributed by atoms with Crippen LogP contribution in [0.1, 0.15) is 74.9 Å². The van der Waals surface area contributed by atoms with E-state index in [9.17, 15) is 0 Å². The first-order valence-corrected chi connectivity index (χ1v) is 21.8. The second-order valence-electron chi connectivity index (χ2n) is 19.1. The molecule has 9 aromatic rings. The van der Waals surface area contributed by atoms with Crippen molar-refractivity contribution in [2.45, 2.75) is 57.8 Å². The van der Waals surface area contributed by atoms with E-state index in [1.54, 1.807) is 0 Å². The summed E-state index contributed by atoms with van der Waals surface area (Å²) in [5, 5.41) is 4.94. The lowest BCUT2D eigenvalue weighted by Crippen LogP contribution is -2.43. The molecule has 294 valence electrons. The fraction of sp³-hybridized carbons (Fsp3) is 0.153. The monoisotopic (exact) mass is 784 g/mol. The van der Waals surface area contributed by atoms with E-state index in [1.165, 1.54) is 94.2 Å². The molecule has 3 aliphatic rings. The van der Waals surface area contributed by atoms with Gasteiger partial charge >= 0.3 is 0 Å². The zero-order chi connectivity index (χ0) is 41.4. The number of rotatable bonds is 5. The number of hydrogen-bond acceptors (Lipinski definition) is 2. The van der Waals surface area contributed by atoms with Gasteiger partial charge in [0.1, 0.15) is 0 Å². The van der Waals surface area contributed by atoms with Gasteiger partial charge < -0.3 is 9.80 Å². The molecule has 12 rings (SSSR count). The molecule has 0 aromatic heterocycles. The predicted molar refractivity (Wildman–Crippen MR) is 258 cm³/mol. The maximum atomic E-state index is 2.68. The highest BCUT2D eigenvalue weighted by molar-refractivity contribution is 6.00. The van der Waals surface area contributed by atoms with Crippen LogP contribution in [0.2, 0.25) is 0 Å². The summed E-state index contributed by atoms with van der Waals surface area (Å²) in [5.41, 5.74) is 20.3. The molecule has 0 aliphatic carbocycles. The van der Waals surface area contributed by atoms with Crippen LogP contribution in [0.5, 0.6) is 0 Å². The molecule has 0 N–H and O–H groups in total. The first-order valence-electron chi connectivity index (χ1n) is 21.8. The molecule has 61 heavy (non-hydrogen) atoms. The molecule has 0 saturated carbocycles. The van der Waals surface area contributed by atoms with E-state index < -0.39 is 0 Å². The second kappa shape index (κ2) is 12.6. The Kier molecular flexibility index (Phi) is 7.41. The zero-order valence-electron chi connectivity index (χ0n) is 35.7. The lowest BCUT2D eigenvalue weighted by Gasteiger charge is -2.55. The van der Waals surface area contributed by atoms with Crippen LogP contribution in [0.3, 0.4) is 0 Å². The Morgan fingerprint density at radius 3 is 1.15 bits per heavy atom. The maximum Gasteiger partial charge on any atom is 0.0544 e. The molecule has 3 aliphatic heterocycles. The third kappa shape index (κ3) is 5.09. The summed E-state index contributed by atoms with van der Waals surface area (Å²) in [5.74, 6) is 0. The van der Waals surface area contributed by atoms with Crippen molar-refractivity contribution in [2.24, 2.45) is 0 Å². The Balaban J connectivity index is 1.04. The van der Waals surface area contributed by atoms with Crippen molar-refractivity contribution in [3.05, 3.63) is 215 Å². The van der Waals surface area contributed by atoms with Gasteiger partial charge in [0.25, 0.3) is 0 Å². The number of benzene rings is 9. The number of hydrogen-bond donors (Lipinski definition) is 0. The van der Waals surface area contributed by atoms with E-state index in [-0.39, 0.29) is 16.2 Å². The number of anilines is 6. The van der Waals surface area contributed by atoms with Crippen LogP contribution in [0.15, 0.2) is 182 Å². The molecule has 0 atom stereocenters. The maximum absolute atomic E-state index is 2.68. The van der Waals surface area contributed by atoms with Gasteiger partial charge in [0.2, 0.25) is 0 Å². The molecule has 2 nitrogen and oxygen atoms in total.